The number of para-hydroxylation sites is 1. The molecule has 0 saturated carbocycles. The summed E-state index contributed by atoms with van der Waals surface area (Å²) < 4.78 is 5.91. The molecule has 2 aliphatic heterocycles. The summed E-state index contributed by atoms with van der Waals surface area (Å²) >= 11 is 7.48. The Morgan fingerprint density at radius 1 is 1.10 bits per heavy atom. The van der Waals surface area contributed by atoms with Crippen LogP contribution in [0.5, 0.6) is 0 Å². The number of hydrogen-bond donors (Lipinski definition) is 3. The number of morpholine rings is 1. The number of benzene rings is 1. The Morgan fingerprint density at radius 2 is 1.80 bits per heavy atom. The first-order valence-corrected chi connectivity index (χ1v) is 14.5. The molecule has 0 spiro atoms. The summed E-state index contributed by atoms with van der Waals surface area (Å²) in [5.74, 6) is 1.20. The summed E-state index contributed by atoms with van der Waals surface area (Å²) in [5, 5.41) is 16.3. The molecule has 0 aliphatic carbocycles. The molecule has 2 aromatic heterocycles. The maximum absolute atomic E-state index is 12.9. The van der Waals surface area contributed by atoms with Gasteiger partial charge < -0.3 is 25.0 Å². The molecule has 5 rings (SSSR count). The Balaban J connectivity index is 1.36. The highest BCUT2D eigenvalue weighted by molar-refractivity contribution is 7.17. The van der Waals surface area contributed by atoms with Crippen LogP contribution < -0.4 is 20.4 Å². The molecule has 3 aromatic rings. The fourth-order valence-electron chi connectivity index (χ4n) is 4.84. The number of halogens is 1. The standard InChI is InChI=1S/C26H34ClN9O3S/c1-16-5-4-6-19(27)21(16)29-22(38)20-13-28-26(40-20)32-23-30-24(35-9-7-34(8-10-35)11-12-37)33-25(31-23)36-14-17(2)39-18(3)15-36/h4-6,13,17-18,37H,7-12,14-15H2,1-3H3,(H,29,38)(H,28,30,31,32,33). The molecule has 2 atom stereocenters. The van der Waals surface area contributed by atoms with E-state index in [0.717, 1.165) is 31.7 Å². The van der Waals surface area contributed by atoms with Crippen LogP contribution in [0.4, 0.5) is 28.7 Å². The highest BCUT2D eigenvalue weighted by atomic mass is 35.5. The first kappa shape index (κ1) is 28.4. The smallest absolute Gasteiger partial charge is 0.267 e. The number of anilines is 5. The summed E-state index contributed by atoms with van der Waals surface area (Å²) in [4.78, 5) is 38.5. The lowest BCUT2D eigenvalue weighted by atomic mass is 10.2. The number of thiazole rings is 1. The van der Waals surface area contributed by atoms with Crippen LogP contribution in [-0.4, -0.2) is 100 Å². The molecule has 0 radical (unpaired) electrons. The maximum atomic E-state index is 12.9. The maximum Gasteiger partial charge on any atom is 0.267 e. The van der Waals surface area contributed by atoms with E-state index in [9.17, 15) is 9.90 Å². The molecular formula is C26H34ClN9O3S. The number of carbonyl (C=O) groups is 1. The zero-order valence-corrected chi connectivity index (χ0v) is 24.4. The third kappa shape index (κ3) is 6.78. The van der Waals surface area contributed by atoms with Crippen molar-refractivity contribution in [2.75, 3.05) is 72.9 Å². The average molecular weight is 588 g/mol. The van der Waals surface area contributed by atoms with E-state index < -0.39 is 0 Å². The lowest BCUT2D eigenvalue weighted by molar-refractivity contribution is -0.00572. The molecule has 2 aliphatic rings. The number of carbonyl (C=O) groups excluding carboxylic acids is 1. The predicted octanol–water partition coefficient (Wildman–Crippen LogP) is 3.01. The number of ether oxygens (including phenoxy) is 1. The van der Waals surface area contributed by atoms with Crippen molar-refractivity contribution in [3.05, 3.63) is 39.9 Å². The van der Waals surface area contributed by atoms with Crippen LogP contribution in [0.25, 0.3) is 0 Å². The summed E-state index contributed by atoms with van der Waals surface area (Å²) in [5.41, 5.74) is 1.45. The molecule has 2 saturated heterocycles. The number of piperazine rings is 1. The molecule has 0 bridgehead atoms. The fraction of sp³-hybridized carbons (Fsp3) is 0.500. The van der Waals surface area contributed by atoms with Gasteiger partial charge in [0.2, 0.25) is 17.8 Å². The van der Waals surface area contributed by atoms with Gasteiger partial charge in [-0.3, -0.25) is 15.0 Å². The van der Waals surface area contributed by atoms with Gasteiger partial charge in [0.05, 0.1) is 35.7 Å². The number of amides is 1. The Labute approximate surface area is 242 Å². The topological polar surface area (TPSA) is 132 Å². The van der Waals surface area contributed by atoms with Crippen molar-refractivity contribution >= 4 is 57.5 Å². The van der Waals surface area contributed by atoms with Crippen molar-refractivity contribution in [3.8, 4) is 0 Å². The van der Waals surface area contributed by atoms with E-state index in [2.05, 4.69) is 30.3 Å². The average Bonchev–Trinajstić information content (AvgIpc) is 3.39. The first-order valence-electron chi connectivity index (χ1n) is 13.3. The van der Waals surface area contributed by atoms with Gasteiger partial charge in [-0.05, 0) is 32.4 Å². The van der Waals surface area contributed by atoms with Crippen molar-refractivity contribution in [2.24, 2.45) is 0 Å². The molecule has 40 heavy (non-hydrogen) atoms. The van der Waals surface area contributed by atoms with E-state index in [4.69, 9.17) is 31.3 Å². The third-order valence-electron chi connectivity index (χ3n) is 6.79. The summed E-state index contributed by atoms with van der Waals surface area (Å²) in [6.07, 6.45) is 1.61. The molecule has 2 fully saturated rings. The van der Waals surface area contributed by atoms with Gasteiger partial charge >= 0.3 is 0 Å². The van der Waals surface area contributed by atoms with Crippen LogP contribution in [0.3, 0.4) is 0 Å². The molecule has 1 amide bonds. The van der Waals surface area contributed by atoms with Gasteiger partial charge in [0, 0.05) is 45.8 Å². The molecule has 4 heterocycles. The largest absolute Gasteiger partial charge is 0.395 e. The van der Waals surface area contributed by atoms with Gasteiger partial charge in [-0.15, -0.1) is 0 Å². The van der Waals surface area contributed by atoms with Crippen LogP contribution in [-0.2, 0) is 4.74 Å². The number of aromatic nitrogens is 4. The van der Waals surface area contributed by atoms with Crippen LogP contribution >= 0.6 is 22.9 Å². The Morgan fingerprint density at radius 3 is 2.48 bits per heavy atom. The SMILES string of the molecule is Cc1cccc(Cl)c1NC(=O)c1cnc(Nc2nc(N3CCN(CCO)CC3)nc(N3CC(C)OC(C)C3)n2)s1. The quantitative estimate of drug-likeness (QED) is 0.359. The lowest BCUT2D eigenvalue weighted by Gasteiger charge is -2.37. The number of nitrogens with one attached hydrogen (secondary N) is 2. The van der Waals surface area contributed by atoms with E-state index in [-0.39, 0.29) is 24.7 Å². The van der Waals surface area contributed by atoms with Gasteiger partial charge in [0.15, 0.2) is 5.13 Å². The van der Waals surface area contributed by atoms with E-state index >= 15 is 0 Å². The van der Waals surface area contributed by atoms with Crippen LogP contribution in [0, 0.1) is 6.92 Å². The Bertz CT molecular complexity index is 1300. The normalized spacial score (nSPS) is 20.0. The minimum absolute atomic E-state index is 0.0455. The molecule has 1 aromatic carbocycles. The van der Waals surface area contributed by atoms with Gasteiger partial charge in [0.25, 0.3) is 5.91 Å². The van der Waals surface area contributed by atoms with Crippen molar-refractivity contribution < 1.29 is 14.6 Å². The summed E-state index contributed by atoms with van der Waals surface area (Å²) in [6.45, 7) is 11.2. The molecule has 214 valence electrons. The van der Waals surface area contributed by atoms with E-state index in [1.807, 2.05) is 32.9 Å². The van der Waals surface area contributed by atoms with Crippen molar-refractivity contribution in [2.45, 2.75) is 33.0 Å². The number of aryl methyl sites for hydroxylation is 1. The van der Waals surface area contributed by atoms with Gasteiger partial charge in [-0.1, -0.05) is 35.1 Å². The van der Waals surface area contributed by atoms with Crippen LogP contribution in [0.2, 0.25) is 5.02 Å². The first-order chi connectivity index (χ1) is 19.3. The highest BCUT2D eigenvalue weighted by Gasteiger charge is 2.27. The van der Waals surface area contributed by atoms with Gasteiger partial charge in [-0.25, -0.2) is 4.98 Å². The highest BCUT2D eigenvalue weighted by Crippen LogP contribution is 2.29. The zero-order chi connectivity index (χ0) is 28.2. The Kier molecular flexibility index (Phi) is 8.96. The fourth-order valence-corrected chi connectivity index (χ4v) is 5.82. The van der Waals surface area contributed by atoms with Crippen LogP contribution in [0.15, 0.2) is 24.4 Å². The van der Waals surface area contributed by atoms with Crippen molar-refractivity contribution in [1.82, 2.24) is 24.8 Å². The summed E-state index contributed by atoms with van der Waals surface area (Å²) in [7, 11) is 0. The van der Waals surface area contributed by atoms with Crippen LogP contribution in [0.1, 0.15) is 29.1 Å². The number of nitrogens with zero attached hydrogens (tertiary/aromatic N) is 7. The molecule has 12 nitrogen and oxygen atoms in total. The van der Waals surface area contributed by atoms with E-state index in [1.165, 1.54) is 17.5 Å². The Hall–Kier alpha value is -3.10. The second-order valence-corrected chi connectivity index (χ2v) is 11.5. The number of β-amino-alcohol motifs (C(OH)–C–C–N with tert-alkyl or cyclic N) is 1. The third-order valence-corrected chi connectivity index (χ3v) is 8.02. The number of aliphatic hydroxyl groups is 1. The summed E-state index contributed by atoms with van der Waals surface area (Å²) in [6, 6.07) is 5.47. The molecule has 2 unspecified atom stereocenters. The zero-order valence-electron chi connectivity index (χ0n) is 22.8. The lowest BCUT2D eigenvalue weighted by Crippen LogP contribution is -2.48. The second-order valence-electron chi connectivity index (χ2n) is 10.0. The van der Waals surface area contributed by atoms with E-state index in [1.54, 1.807) is 6.07 Å². The minimum atomic E-state index is -0.296. The predicted molar refractivity (Wildman–Crippen MR) is 157 cm³/mol. The minimum Gasteiger partial charge on any atom is -0.395 e. The van der Waals surface area contributed by atoms with Gasteiger partial charge in [-0.2, -0.15) is 15.0 Å². The molecule has 3 N–H and O–H groups in total. The number of aliphatic hydroxyl groups excluding tert-OH is 1. The number of hydrogen-bond acceptors (Lipinski definition) is 12. The number of rotatable bonds is 8. The van der Waals surface area contributed by atoms with Gasteiger partial charge in [0.1, 0.15) is 4.88 Å². The molecule has 14 heteroatoms. The monoisotopic (exact) mass is 587 g/mol. The molecular weight excluding hydrogens is 554 g/mol. The van der Waals surface area contributed by atoms with Crippen molar-refractivity contribution in [3.63, 3.8) is 0 Å². The van der Waals surface area contributed by atoms with Crippen molar-refractivity contribution in [1.29, 1.82) is 0 Å². The van der Waals surface area contributed by atoms with E-state index in [0.29, 0.717) is 58.2 Å². The second kappa shape index (κ2) is 12.6.